The van der Waals surface area contributed by atoms with Crippen molar-refractivity contribution in [2.24, 2.45) is 0 Å². The van der Waals surface area contributed by atoms with Crippen molar-refractivity contribution in [2.45, 2.75) is 13.1 Å². The number of aryl methyl sites for hydroxylation is 1. The number of rotatable bonds is 4. The summed E-state index contributed by atoms with van der Waals surface area (Å²) in [4.78, 5) is 31.3. The Kier molecular flexibility index (Phi) is 6.20. The van der Waals surface area contributed by atoms with Crippen LogP contribution in [0.2, 0.25) is 5.02 Å². The summed E-state index contributed by atoms with van der Waals surface area (Å²) in [5, 5.41) is 0.686. The van der Waals surface area contributed by atoms with E-state index in [9.17, 15) is 22.8 Å². The second-order valence-corrected chi connectivity index (χ2v) is 8.00. The molecule has 1 fully saturated rings. The van der Waals surface area contributed by atoms with Crippen LogP contribution >= 0.6 is 11.6 Å². The predicted octanol–water partition coefficient (Wildman–Crippen LogP) is 3.90. The zero-order valence-corrected chi connectivity index (χ0v) is 18.2. The average Bonchev–Trinajstić information content (AvgIpc) is 2.76. The van der Waals surface area contributed by atoms with Crippen molar-refractivity contribution in [3.05, 3.63) is 63.1 Å². The number of carbonyl (C=O) groups is 1. The van der Waals surface area contributed by atoms with Gasteiger partial charge in [0.2, 0.25) is 0 Å². The summed E-state index contributed by atoms with van der Waals surface area (Å²) in [6.45, 7) is 3.01. The number of aromatic nitrogens is 1. The minimum Gasteiger partial charge on any atom is -0.484 e. The van der Waals surface area contributed by atoms with Crippen LogP contribution in [0.15, 0.2) is 45.7 Å². The molecule has 1 aliphatic rings. The van der Waals surface area contributed by atoms with E-state index in [-0.39, 0.29) is 23.4 Å². The lowest BCUT2D eigenvalue weighted by molar-refractivity contribution is -0.138. The van der Waals surface area contributed by atoms with Crippen LogP contribution in [0.1, 0.15) is 11.1 Å². The molecule has 1 aliphatic heterocycles. The lowest BCUT2D eigenvalue weighted by Crippen LogP contribution is -2.50. The molecule has 3 aromatic rings. The summed E-state index contributed by atoms with van der Waals surface area (Å²) < 4.78 is 49.2. The van der Waals surface area contributed by atoms with Gasteiger partial charge in [0.25, 0.3) is 5.91 Å². The van der Waals surface area contributed by atoms with Crippen LogP contribution < -0.4 is 15.3 Å². The van der Waals surface area contributed by atoms with Gasteiger partial charge in [-0.1, -0.05) is 11.6 Å². The standard InChI is InChI=1S/C22H19ClF3N3O4/c1-13-8-20(31)33-18-10-15(2-3-16(13)18)32-12-19(30)28-4-6-29(7-5-28)21-17(23)9-14(11-27-21)22(24,25)26/h2-3,8-11H,4-7,12H2,1H3. The van der Waals surface area contributed by atoms with Gasteiger partial charge < -0.3 is 19.0 Å². The second-order valence-electron chi connectivity index (χ2n) is 7.59. The van der Waals surface area contributed by atoms with E-state index in [1.165, 1.54) is 6.07 Å². The molecule has 0 saturated carbocycles. The first-order valence-electron chi connectivity index (χ1n) is 10.0. The Morgan fingerprint density at radius 2 is 1.91 bits per heavy atom. The fourth-order valence-corrected chi connectivity index (χ4v) is 3.90. The second kappa shape index (κ2) is 8.93. The highest BCUT2D eigenvalue weighted by atomic mass is 35.5. The van der Waals surface area contributed by atoms with Crippen molar-refractivity contribution in [3.63, 3.8) is 0 Å². The first kappa shape index (κ1) is 22.9. The maximum atomic E-state index is 12.8. The Balaban J connectivity index is 1.34. The molecule has 4 rings (SSSR count). The maximum Gasteiger partial charge on any atom is 0.417 e. The van der Waals surface area contributed by atoms with Gasteiger partial charge in [0, 0.05) is 49.9 Å². The fraction of sp³-hybridized carbons (Fsp3) is 0.318. The van der Waals surface area contributed by atoms with Crippen molar-refractivity contribution in [1.29, 1.82) is 0 Å². The lowest BCUT2D eigenvalue weighted by atomic mass is 10.1. The summed E-state index contributed by atoms with van der Waals surface area (Å²) in [5.41, 5.74) is -0.219. The molecule has 3 heterocycles. The van der Waals surface area contributed by atoms with E-state index in [1.807, 2.05) is 0 Å². The number of piperazine rings is 1. The van der Waals surface area contributed by atoms with Gasteiger partial charge in [-0.2, -0.15) is 13.2 Å². The topological polar surface area (TPSA) is 75.9 Å². The third kappa shape index (κ3) is 5.05. The molecule has 0 radical (unpaired) electrons. The minimum atomic E-state index is -4.52. The van der Waals surface area contributed by atoms with Crippen LogP contribution in [-0.4, -0.2) is 48.6 Å². The van der Waals surface area contributed by atoms with Crippen molar-refractivity contribution < 1.29 is 27.1 Å². The number of halogens is 4. The van der Waals surface area contributed by atoms with Gasteiger partial charge in [-0.3, -0.25) is 4.79 Å². The number of carbonyl (C=O) groups excluding carboxylic acids is 1. The number of ether oxygens (including phenoxy) is 1. The van der Waals surface area contributed by atoms with Gasteiger partial charge in [0.1, 0.15) is 17.2 Å². The number of fused-ring (bicyclic) bond motifs is 1. The Morgan fingerprint density at radius 1 is 1.18 bits per heavy atom. The quantitative estimate of drug-likeness (QED) is 0.526. The molecule has 1 aromatic carbocycles. The van der Waals surface area contributed by atoms with E-state index in [4.69, 9.17) is 20.8 Å². The summed E-state index contributed by atoms with van der Waals surface area (Å²) in [6.07, 6.45) is -3.77. The van der Waals surface area contributed by atoms with Crippen LogP contribution in [0, 0.1) is 6.92 Å². The highest BCUT2D eigenvalue weighted by Crippen LogP contribution is 2.33. The van der Waals surface area contributed by atoms with E-state index >= 15 is 0 Å². The third-order valence-electron chi connectivity index (χ3n) is 5.37. The number of nitrogens with zero attached hydrogens (tertiary/aromatic N) is 3. The van der Waals surface area contributed by atoms with E-state index in [1.54, 1.807) is 34.9 Å². The largest absolute Gasteiger partial charge is 0.484 e. The molecule has 1 saturated heterocycles. The monoisotopic (exact) mass is 481 g/mol. The van der Waals surface area contributed by atoms with Crippen molar-refractivity contribution in [1.82, 2.24) is 9.88 Å². The van der Waals surface area contributed by atoms with Gasteiger partial charge in [0.15, 0.2) is 6.61 Å². The number of alkyl halides is 3. The van der Waals surface area contributed by atoms with Crippen LogP contribution in [0.5, 0.6) is 5.75 Å². The Hall–Kier alpha value is -3.27. The zero-order valence-electron chi connectivity index (χ0n) is 17.5. The van der Waals surface area contributed by atoms with Gasteiger partial charge in [-0.15, -0.1) is 0 Å². The van der Waals surface area contributed by atoms with Crippen LogP contribution in [-0.2, 0) is 11.0 Å². The predicted molar refractivity (Wildman–Crippen MR) is 116 cm³/mol. The summed E-state index contributed by atoms with van der Waals surface area (Å²) >= 11 is 6.01. The smallest absolute Gasteiger partial charge is 0.417 e. The summed E-state index contributed by atoms with van der Waals surface area (Å²) in [5.74, 6) is 0.400. The van der Waals surface area contributed by atoms with Gasteiger partial charge in [0.05, 0.1) is 10.6 Å². The van der Waals surface area contributed by atoms with E-state index in [0.29, 0.717) is 37.5 Å². The third-order valence-corrected chi connectivity index (χ3v) is 5.64. The Labute approximate surface area is 191 Å². The fourth-order valence-electron chi connectivity index (χ4n) is 3.62. The van der Waals surface area contributed by atoms with E-state index in [2.05, 4.69) is 4.98 Å². The molecular weight excluding hydrogens is 463 g/mol. The molecule has 174 valence electrons. The molecule has 7 nitrogen and oxygen atoms in total. The Bertz CT molecular complexity index is 1250. The zero-order chi connectivity index (χ0) is 23.8. The van der Waals surface area contributed by atoms with Crippen LogP contribution in [0.25, 0.3) is 11.0 Å². The maximum absolute atomic E-state index is 12.8. The number of anilines is 1. The molecule has 0 unspecified atom stereocenters. The van der Waals surface area contributed by atoms with Crippen molar-refractivity contribution >= 4 is 34.3 Å². The lowest BCUT2D eigenvalue weighted by Gasteiger charge is -2.35. The Morgan fingerprint density at radius 3 is 2.58 bits per heavy atom. The molecular formula is C22H19ClF3N3O4. The molecule has 11 heteroatoms. The SMILES string of the molecule is Cc1cc(=O)oc2cc(OCC(=O)N3CCN(c4ncc(C(F)(F)F)cc4Cl)CC3)ccc12. The molecule has 0 spiro atoms. The highest BCUT2D eigenvalue weighted by molar-refractivity contribution is 6.33. The molecule has 2 aromatic heterocycles. The number of pyridine rings is 1. The number of amides is 1. The van der Waals surface area contributed by atoms with Crippen molar-refractivity contribution in [2.75, 3.05) is 37.7 Å². The van der Waals surface area contributed by atoms with E-state index in [0.717, 1.165) is 23.2 Å². The van der Waals surface area contributed by atoms with Gasteiger partial charge in [-0.25, -0.2) is 9.78 Å². The molecule has 0 N–H and O–H groups in total. The first-order chi connectivity index (χ1) is 15.6. The first-order valence-corrected chi connectivity index (χ1v) is 10.4. The minimum absolute atomic E-state index is 0.0915. The van der Waals surface area contributed by atoms with Gasteiger partial charge in [-0.05, 0) is 30.7 Å². The molecule has 1 amide bonds. The molecule has 0 atom stereocenters. The number of hydrogen-bond acceptors (Lipinski definition) is 6. The molecule has 0 aliphatic carbocycles. The molecule has 0 bridgehead atoms. The van der Waals surface area contributed by atoms with Crippen LogP contribution in [0.4, 0.5) is 19.0 Å². The summed E-state index contributed by atoms with van der Waals surface area (Å²) in [6, 6.07) is 7.26. The highest BCUT2D eigenvalue weighted by Gasteiger charge is 2.32. The average molecular weight is 482 g/mol. The van der Waals surface area contributed by atoms with Crippen molar-refractivity contribution in [3.8, 4) is 5.75 Å². The van der Waals surface area contributed by atoms with Crippen LogP contribution in [0.3, 0.4) is 0 Å². The molecule has 33 heavy (non-hydrogen) atoms. The normalized spacial score (nSPS) is 14.6. The van der Waals surface area contributed by atoms with E-state index < -0.39 is 17.4 Å². The van der Waals surface area contributed by atoms with Gasteiger partial charge >= 0.3 is 11.8 Å². The number of benzene rings is 1. The summed E-state index contributed by atoms with van der Waals surface area (Å²) in [7, 11) is 0. The number of hydrogen-bond donors (Lipinski definition) is 0.